The highest BCUT2D eigenvalue weighted by atomic mass is 31.2. The molecule has 0 bridgehead atoms. The summed E-state index contributed by atoms with van der Waals surface area (Å²) in [6, 6.07) is 0. The Balaban J connectivity index is 4.15. The zero-order valence-electron chi connectivity index (χ0n) is 37.9. The summed E-state index contributed by atoms with van der Waals surface area (Å²) in [6.45, 7) is 5.46. The highest BCUT2D eigenvalue weighted by molar-refractivity contribution is 7.45. The highest BCUT2D eigenvalue weighted by Gasteiger charge is 2.20. The summed E-state index contributed by atoms with van der Waals surface area (Å²) in [4.78, 5) is 25.1. The third-order valence-corrected chi connectivity index (χ3v) is 11.5. The Labute approximate surface area is 348 Å². The molecule has 0 N–H and O–H groups in total. The number of nitrogens with zero attached hydrogens (tertiary/aromatic N) is 1. The fraction of sp³-hybridized carbons (Fsp3) is 0.936. The van der Waals surface area contributed by atoms with Crippen LogP contribution < -0.4 is 4.89 Å². The van der Waals surface area contributed by atoms with E-state index in [-0.39, 0.29) is 25.8 Å². The Bertz CT molecular complexity index is 909. The van der Waals surface area contributed by atoms with Crippen molar-refractivity contribution in [2.24, 2.45) is 0 Å². The average Bonchev–Trinajstić information content (AvgIpc) is 3.15. The molecule has 0 spiro atoms. The van der Waals surface area contributed by atoms with Gasteiger partial charge in [-0.15, -0.1) is 0 Å². The van der Waals surface area contributed by atoms with E-state index in [1.165, 1.54) is 173 Å². The van der Waals surface area contributed by atoms with Gasteiger partial charge in [0, 0.05) is 13.0 Å². The normalized spacial score (nSPS) is 13.8. The topological polar surface area (TPSA) is 94.1 Å². The average molecular weight is 816 g/mol. The number of allylic oxidation sites excluding steroid dienone is 2. The van der Waals surface area contributed by atoms with E-state index in [9.17, 15) is 14.3 Å². The first-order chi connectivity index (χ1) is 27.1. The third-order valence-electron chi connectivity index (χ3n) is 10.6. The van der Waals surface area contributed by atoms with Crippen molar-refractivity contribution in [3.63, 3.8) is 0 Å². The standard InChI is InChI=1S/C47H94NO7P/c1-6-8-10-12-14-16-18-20-22-23-24-25-26-28-30-32-34-36-38-40-47(49)55-46(45-54-56(50,51)53-43-41-48(3,4)5)44-52-42-39-37-35-33-31-29-27-21-19-17-15-13-11-9-7-2/h20,22,46H,6-19,21,23-45H2,1-5H3/b22-20-. The van der Waals surface area contributed by atoms with Gasteiger partial charge in [0.25, 0.3) is 7.82 Å². The lowest BCUT2D eigenvalue weighted by molar-refractivity contribution is -0.870. The fourth-order valence-electron chi connectivity index (χ4n) is 6.84. The van der Waals surface area contributed by atoms with Crippen LogP contribution in [-0.4, -0.2) is 70.7 Å². The minimum atomic E-state index is -4.52. The van der Waals surface area contributed by atoms with Crippen molar-refractivity contribution in [2.45, 2.75) is 232 Å². The number of unbranched alkanes of at least 4 members (excludes halogenated alkanes) is 29. The van der Waals surface area contributed by atoms with E-state index in [2.05, 4.69) is 26.0 Å². The molecule has 0 aromatic carbocycles. The first-order valence-electron chi connectivity index (χ1n) is 23.9. The van der Waals surface area contributed by atoms with Crippen molar-refractivity contribution >= 4 is 13.8 Å². The molecule has 9 heteroatoms. The van der Waals surface area contributed by atoms with Crippen LogP contribution in [0.5, 0.6) is 0 Å². The molecule has 2 unspecified atom stereocenters. The molecule has 0 fully saturated rings. The molecule has 0 rings (SSSR count). The molecule has 0 aromatic rings. The Kier molecular flexibility index (Phi) is 40.4. The minimum absolute atomic E-state index is 0.0292. The summed E-state index contributed by atoms with van der Waals surface area (Å²) in [5.74, 6) is -0.332. The van der Waals surface area contributed by atoms with Crippen LogP contribution >= 0.6 is 7.82 Å². The number of quaternary nitrogens is 1. The van der Waals surface area contributed by atoms with E-state index in [0.717, 1.165) is 32.1 Å². The van der Waals surface area contributed by atoms with Crippen LogP contribution in [0, 0.1) is 0 Å². The molecule has 0 heterocycles. The van der Waals surface area contributed by atoms with Crippen LogP contribution in [0.2, 0.25) is 0 Å². The summed E-state index contributed by atoms with van der Waals surface area (Å²) in [5.41, 5.74) is 0. The van der Waals surface area contributed by atoms with Gasteiger partial charge in [0.05, 0.1) is 34.4 Å². The van der Waals surface area contributed by atoms with Crippen LogP contribution in [0.25, 0.3) is 0 Å². The van der Waals surface area contributed by atoms with E-state index < -0.39 is 13.9 Å². The zero-order chi connectivity index (χ0) is 41.3. The number of esters is 1. The molecule has 0 aliphatic heterocycles. The Hall–Kier alpha value is -0.760. The Morgan fingerprint density at radius 2 is 0.929 bits per heavy atom. The monoisotopic (exact) mass is 816 g/mol. The van der Waals surface area contributed by atoms with Gasteiger partial charge in [-0.2, -0.15) is 0 Å². The SMILES string of the molecule is CCCCCCCC/C=C\CCCCCCCCCCCC(=O)OC(COCCCCCCCCCCCCCCCCC)COP(=O)([O-])OCC[N+](C)(C)C. The van der Waals surface area contributed by atoms with Crippen molar-refractivity contribution in [3.8, 4) is 0 Å². The third kappa shape index (κ3) is 44.3. The molecule has 0 aliphatic carbocycles. The van der Waals surface area contributed by atoms with Gasteiger partial charge in [0.2, 0.25) is 0 Å². The van der Waals surface area contributed by atoms with Crippen LogP contribution in [0.1, 0.15) is 226 Å². The Morgan fingerprint density at radius 1 is 0.536 bits per heavy atom. The predicted molar refractivity (Wildman–Crippen MR) is 236 cm³/mol. The molecule has 2 atom stereocenters. The second-order valence-electron chi connectivity index (χ2n) is 17.5. The number of rotatable bonds is 45. The molecule has 0 saturated heterocycles. The predicted octanol–water partition coefficient (Wildman–Crippen LogP) is 13.6. The minimum Gasteiger partial charge on any atom is -0.756 e. The Morgan fingerprint density at radius 3 is 1.36 bits per heavy atom. The number of carbonyl (C=O) groups is 1. The lowest BCUT2D eigenvalue weighted by Crippen LogP contribution is -2.37. The van der Waals surface area contributed by atoms with E-state index in [1.807, 2.05) is 21.1 Å². The van der Waals surface area contributed by atoms with Crippen molar-refractivity contribution < 1.29 is 37.3 Å². The summed E-state index contributed by atoms with van der Waals surface area (Å²) in [5, 5.41) is 0. The molecule has 56 heavy (non-hydrogen) atoms. The molecular weight excluding hydrogens is 721 g/mol. The maximum Gasteiger partial charge on any atom is 0.306 e. The summed E-state index contributed by atoms with van der Waals surface area (Å²) in [7, 11) is 1.37. The quantitative estimate of drug-likeness (QED) is 0.0199. The summed E-state index contributed by atoms with van der Waals surface area (Å²) < 4.78 is 34.7. The van der Waals surface area contributed by atoms with Gasteiger partial charge in [-0.25, -0.2) is 0 Å². The highest BCUT2D eigenvalue weighted by Crippen LogP contribution is 2.38. The summed E-state index contributed by atoms with van der Waals surface area (Å²) >= 11 is 0. The van der Waals surface area contributed by atoms with Crippen LogP contribution in [0.4, 0.5) is 0 Å². The van der Waals surface area contributed by atoms with E-state index in [4.69, 9.17) is 18.5 Å². The molecule has 0 aromatic heterocycles. The molecule has 0 saturated carbocycles. The van der Waals surface area contributed by atoms with E-state index in [1.54, 1.807) is 0 Å². The zero-order valence-corrected chi connectivity index (χ0v) is 38.7. The maximum atomic E-state index is 12.7. The maximum absolute atomic E-state index is 12.7. The molecule has 0 aliphatic rings. The lowest BCUT2D eigenvalue weighted by atomic mass is 10.0. The number of phosphoric ester groups is 1. The van der Waals surface area contributed by atoms with Crippen molar-refractivity contribution in [1.29, 1.82) is 0 Å². The van der Waals surface area contributed by atoms with Crippen molar-refractivity contribution in [2.75, 3.05) is 54.1 Å². The molecular formula is C47H94NO7P. The van der Waals surface area contributed by atoms with E-state index in [0.29, 0.717) is 24.1 Å². The van der Waals surface area contributed by atoms with Gasteiger partial charge in [0.15, 0.2) is 0 Å². The molecule has 0 amide bonds. The largest absolute Gasteiger partial charge is 0.756 e. The van der Waals surface area contributed by atoms with Gasteiger partial charge >= 0.3 is 5.97 Å². The second kappa shape index (κ2) is 41.0. The first-order valence-corrected chi connectivity index (χ1v) is 25.4. The van der Waals surface area contributed by atoms with Crippen LogP contribution in [0.3, 0.4) is 0 Å². The number of hydrogen-bond acceptors (Lipinski definition) is 7. The fourth-order valence-corrected chi connectivity index (χ4v) is 7.57. The number of phosphoric acid groups is 1. The van der Waals surface area contributed by atoms with Crippen molar-refractivity contribution in [1.82, 2.24) is 0 Å². The van der Waals surface area contributed by atoms with Gasteiger partial charge < -0.3 is 27.9 Å². The lowest BCUT2D eigenvalue weighted by Gasteiger charge is -2.28. The van der Waals surface area contributed by atoms with Crippen LogP contribution in [-0.2, 0) is 27.9 Å². The number of carbonyl (C=O) groups excluding carboxylic acids is 1. The van der Waals surface area contributed by atoms with E-state index >= 15 is 0 Å². The summed E-state index contributed by atoms with van der Waals surface area (Å²) in [6.07, 6.45) is 45.0. The van der Waals surface area contributed by atoms with Gasteiger partial charge in [0.1, 0.15) is 19.3 Å². The second-order valence-corrected chi connectivity index (χ2v) is 18.9. The smallest absolute Gasteiger partial charge is 0.306 e. The molecule has 334 valence electrons. The molecule has 8 nitrogen and oxygen atoms in total. The molecule has 0 radical (unpaired) electrons. The van der Waals surface area contributed by atoms with Crippen molar-refractivity contribution in [3.05, 3.63) is 12.2 Å². The van der Waals surface area contributed by atoms with Crippen LogP contribution in [0.15, 0.2) is 12.2 Å². The first kappa shape index (κ1) is 55.2. The number of likely N-dealkylation sites (N-methyl/N-ethyl adjacent to an activating group) is 1. The van der Waals surface area contributed by atoms with Gasteiger partial charge in [-0.05, 0) is 38.5 Å². The number of hydrogen-bond donors (Lipinski definition) is 0. The van der Waals surface area contributed by atoms with Gasteiger partial charge in [-0.3, -0.25) is 9.36 Å². The number of ether oxygens (including phenoxy) is 2. The van der Waals surface area contributed by atoms with Gasteiger partial charge in [-0.1, -0.05) is 193 Å².